The van der Waals surface area contributed by atoms with Crippen LogP contribution in [0.2, 0.25) is 0 Å². The summed E-state index contributed by atoms with van der Waals surface area (Å²) in [4.78, 5) is 5.03. The van der Waals surface area contributed by atoms with Gasteiger partial charge < -0.3 is 9.76 Å². The summed E-state index contributed by atoms with van der Waals surface area (Å²) in [6, 6.07) is 29.6. The van der Waals surface area contributed by atoms with E-state index >= 15 is 0 Å². The Morgan fingerprint density at radius 3 is 2.21 bits per heavy atom. The zero-order chi connectivity index (χ0) is 23.9. The average molecular weight is 446 g/mol. The molecule has 0 aliphatic carbocycles. The summed E-state index contributed by atoms with van der Waals surface area (Å²) in [5.41, 5.74) is 6.11. The Bertz CT molecular complexity index is 1400. The van der Waals surface area contributed by atoms with Gasteiger partial charge in [-0.3, -0.25) is 4.99 Å². The highest BCUT2D eigenvalue weighted by Crippen LogP contribution is 2.35. The Morgan fingerprint density at radius 2 is 1.47 bits per heavy atom. The third-order valence-electron chi connectivity index (χ3n) is 6.96. The van der Waals surface area contributed by atoms with Crippen LogP contribution >= 0.6 is 0 Å². The SMILES string of the molecule is CC(C)(O)C(C)(C)O[B]c1cccc(-c2ccccc2C2=Nc3cc4ccccc4cc3C2)c1. The van der Waals surface area contributed by atoms with Crippen molar-refractivity contribution in [2.45, 2.75) is 45.3 Å². The van der Waals surface area contributed by atoms with Crippen molar-refractivity contribution in [3.8, 4) is 11.1 Å². The number of benzene rings is 4. The van der Waals surface area contributed by atoms with Crippen molar-refractivity contribution in [2.75, 3.05) is 0 Å². The molecule has 0 saturated heterocycles. The van der Waals surface area contributed by atoms with Crippen LogP contribution in [0.1, 0.15) is 38.8 Å². The fourth-order valence-electron chi connectivity index (χ4n) is 4.17. The van der Waals surface area contributed by atoms with Crippen LogP contribution in [0.4, 0.5) is 5.69 Å². The van der Waals surface area contributed by atoms with E-state index < -0.39 is 11.2 Å². The van der Waals surface area contributed by atoms with Crippen LogP contribution in [0.5, 0.6) is 0 Å². The van der Waals surface area contributed by atoms with Gasteiger partial charge >= 0.3 is 7.48 Å². The molecule has 1 N–H and O–H groups in total. The van der Waals surface area contributed by atoms with E-state index in [0.29, 0.717) is 0 Å². The van der Waals surface area contributed by atoms with Gasteiger partial charge in [-0.05, 0) is 67.3 Å². The summed E-state index contributed by atoms with van der Waals surface area (Å²) in [5, 5.41) is 12.9. The quantitative estimate of drug-likeness (QED) is 0.370. The first-order valence-electron chi connectivity index (χ1n) is 11.7. The van der Waals surface area contributed by atoms with Crippen LogP contribution in [0.15, 0.2) is 89.9 Å². The summed E-state index contributed by atoms with van der Waals surface area (Å²) in [6.45, 7) is 7.30. The molecule has 169 valence electrons. The van der Waals surface area contributed by atoms with Crippen LogP contribution in [0.25, 0.3) is 21.9 Å². The van der Waals surface area contributed by atoms with E-state index in [1.807, 2.05) is 26.0 Å². The van der Waals surface area contributed by atoms with Crippen LogP contribution in [-0.2, 0) is 11.1 Å². The van der Waals surface area contributed by atoms with E-state index in [2.05, 4.69) is 72.8 Å². The minimum Gasteiger partial charge on any atom is -0.427 e. The molecule has 3 nitrogen and oxygen atoms in total. The van der Waals surface area contributed by atoms with Crippen molar-refractivity contribution >= 4 is 35.1 Å². The number of rotatable bonds is 6. The average Bonchev–Trinajstić information content (AvgIpc) is 3.23. The lowest BCUT2D eigenvalue weighted by Gasteiger charge is -2.37. The van der Waals surface area contributed by atoms with Crippen molar-refractivity contribution in [2.24, 2.45) is 4.99 Å². The van der Waals surface area contributed by atoms with Gasteiger partial charge in [-0.1, -0.05) is 78.3 Å². The maximum absolute atomic E-state index is 10.4. The third-order valence-corrected chi connectivity index (χ3v) is 6.96. The lowest BCUT2D eigenvalue weighted by atomic mass is 9.81. The second-order valence-corrected chi connectivity index (χ2v) is 10.0. The predicted octanol–water partition coefficient (Wildman–Crippen LogP) is 5.99. The fourth-order valence-corrected chi connectivity index (χ4v) is 4.17. The first-order chi connectivity index (χ1) is 16.2. The Hall–Kier alpha value is -3.21. The molecule has 4 aromatic rings. The summed E-state index contributed by atoms with van der Waals surface area (Å²) < 4.78 is 5.98. The van der Waals surface area contributed by atoms with Gasteiger partial charge in [0.05, 0.1) is 22.6 Å². The molecule has 1 aliphatic rings. The molecule has 4 aromatic carbocycles. The number of hydrogen-bond acceptors (Lipinski definition) is 3. The summed E-state index contributed by atoms with van der Waals surface area (Å²) in [7, 11) is 1.73. The Morgan fingerprint density at radius 1 is 0.794 bits per heavy atom. The van der Waals surface area contributed by atoms with Gasteiger partial charge in [-0.15, -0.1) is 0 Å². The molecule has 34 heavy (non-hydrogen) atoms. The highest BCUT2D eigenvalue weighted by molar-refractivity contribution is 6.47. The molecule has 0 atom stereocenters. The molecular formula is C30H29BNO2. The molecule has 1 heterocycles. The van der Waals surface area contributed by atoms with E-state index in [1.54, 1.807) is 21.3 Å². The molecule has 0 saturated carbocycles. The predicted molar refractivity (Wildman–Crippen MR) is 143 cm³/mol. The Labute approximate surface area is 202 Å². The topological polar surface area (TPSA) is 41.8 Å². The number of nitrogens with zero attached hydrogens (tertiary/aromatic N) is 1. The van der Waals surface area contributed by atoms with Gasteiger partial charge in [0.1, 0.15) is 0 Å². The largest absolute Gasteiger partial charge is 0.427 e. The van der Waals surface area contributed by atoms with Gasteiger partial charge in [0.25, 0.3) is 0 Å². The van der Waals surface area contributed by atoms with Gasteiger partial charge in [-0.2, -0.15) is 0 Å². The lowest BCUT2D eigenvalue weighted by Crippen LogP contribution is -2.49. The molecular weight excluding hydrogens is 417 g/mol. The smallest absolute Gasteiger partial charge is 0.330 e. The van der Waals surface area contributed by atoms with Crippen LogP contribution < -0.4 is 5.46 Å². The third kappa shape index (κ3) is 4.32. The zero-order valence-corrected chi connectivity index (χ0v) is 20.2. The van der Waals surface area contributed by atoms with Crippen molar-refractivity contribution < 1.29 is 9.76 Å². The molecule has 0 unspecified atom stereocenters. The molecule has 1 radical (unpaired) electrons. The minimum atomic E-state index is -0.964. The van der Waals surface area contributed by atoms with Gasteiger partial charge in [0, 0.05) is 12.0 Å². The molecule has 1 aliphatic heterocycles. The van der Waals surface area contributed by atoms with Gasteiger partial charge in [0.15, 0.2) is 0 Å². The van der Waals surface area contributed by atoms with Gasteiger partial charge in [0.2, 0.25) is 0 Å². The summed E-state index contributed by atoms with van der Waals surface area (Å²) in [5.74, 6) is 0. The number of fused-ring (bicyclic) bond motifs is 2. The van der Waals surface area contributed by atoms with Crippen molar-refractivity contribution in [3.63, 3.8) is 0 Å². The highest BCUT2D eigenvalue weighted by Gasteiger charge is 2.35. The van der Waals surface area contributed by atoms with Gasteiger partial charge in [-0.25, -0.2) is 0 Å². The maximum atomic E-state index is 10.4. The minimum absolute atomic E-state index is 0.713. The Kier molecular flexibility index (Phi) is 5.67. The van der Waals surface area contributed by atoms with E-state index in [-0.39, 0.29) is 0 Å². The van der Waals surface area contributed by atoms with Crippen LogP contribution in [0, 0.1) is 0 Å². The lowest BCUT2D eigenvalue weighted by molar-refractivity contribution is -0.0893. The van der Waals surface area contributed by atoms with Crippen molar-refractivity contribution in [1.82, 2.24) is 0 Å². The first kappa shape index (κ1) is 22.6. The maximum Gasteiger partial charge on any atom is 0.330 e. The summed E-state index contributed by atoms with van der Waals surface area (Å²) in [6.07, 6.45) is 0.825. The number of aliphatic imine (C=N–C) groups is 1. The normalized spacial score (nSPS) is 13.6. The number of hydrogen-bond donors (Lipinski definition) is 1. The molecule has 0 aromatic heterocycles. The summed E-state index contributed by atoms with van der Waals surface area (Å²) >= 11 is 0. The monoisotopic (exact) mass is 446 g/mol. The second-order valence-electron chi connectivity index (χ2n) is 10.0. The molecule has 0 amide bonds. The Balaban J connectivity index is 1.45. The number of aliphatic hydroxyl groups is 1. The molecule has 0 spiro atoms. The second kappa shape index (κ2) is 8.54. The fraction of sp³-hybridized carbons (Fsp3) is 0.233. The van der Waals surface area contributed by atoms with Crippen molar-refractivity contribution in [1.29, 1.82) is 0 Å². The standard InChI is InChI=1S/C30H29BNO2/c1-29(2,33)30(3,4)34-31-24-13-9-12-22(17-24)25-14-7-8-15-26(25)28-19-23-16-20-10-5-6-11-21(20)18-27(23)32-28/h5-18,33H,19H2,1-4H3. The molecule has 0 fully saturated rings. The van der Waals surface area contributed by atoms with Crippen LogP contribution in [0.3, 0.4) is 0 Å². The molecule has 4 heteroatoms. The van der Waals surface area contributed by atoms with E-state index in [9.17, 15) is 5.11 Å². The van der Waals surface area contributed by atoms with Crippen molar-refractivity contribution in [3.05, 3.63) is 96.1 Å². The molecule has 0 bridgehead atoms. The zero-order valence-electron chi connectivity index (χ0n) is 20.2. The van der Waals surface area contributed by atoms with E-state index in [0.717, 1.165) is 40.0 Å². The first-order valence-corrected chi connectivity index (χ1v) is 11.7. The van der Waals surface area contributed by atoms with E-state index in [1.165, 1.54) is 16.3 Å². The molecule has 5 rings (SSSR count). The van der Waals surface area contributed by atoms with E-state index in [4.69, 9.17) is 9.65 Å². The van der Waals surface area contributed by atoms with Crippen LogP contribution in [-0.4, -0.2) is 29.5 Å². The highest BCUT2D eigenvalue weighted by atomic mass is 16.5.